The van der Waals surface area contributed by atoms with Crippen LogP contribution in [0, 0.1) is 0 Å². The molecule has 2 saturated heterocycles. The molecule has 35 heteroatoms. The second-order valence-electron chi connectivity index (χ2n) is 24.4. The van der Waals surface area contributed by atoms with Gasteiger partial charge in [-0.05, 0) is 74.5 Å². The van der Waals surface area contributed by atoms with Gasteiger partial charge < -0.3 is 103 Å². The van der Waals surface area contributed by atoms with Gasteiger partial charge in [-0.2, -0.15) is 0 Å². The first kappa shape index (κ1) is 82.9. The number of aromatic nitrogens is 1. The predicted molar refractivity (Wildman–Crippen MR) is 364 cm³/mol. The average molecular weight is 1490 g/mol. The molecule has 0 bridgehead atoms. The Morgan fingerprint density at radius 3 is 1.68 bits per heavy atom. The van der Waals surface area contributed by atoms with Gasteiger partial charge in [0.25, 0.3) is 0 Å². The third-order valence-corrected chi connectivity index (χ3v) is 19.0. The summed E-state index contributed by atoms with van der Waals surface area (Å²) in [5.41, 5.74) is 8.01. The van der Waals surface area contributed by atoms with Gasteiger partial charge in [0.15, 0.2) is 0 Å². The Morgan fingerprint density at radius 2 is 1.13 bits per heavy atom. The number of aromatic hydroxyl groups is 1. The molecule has 3 aromatic carbocycles. The molecule has 15 N–H and O–H groups in total. The van der Waals surface area contributed by atoms with E-state index in [2.05, 4.69) is 47.5 Å². The van der Waals surface area contributed by atoms with E-state index < -0.39 is 158 Å². The quantitative estimate of drug-likeness (QED) is 0.0158. The third-order valence-electron chi connectivity index (χ3n) is 16.6. The van der Waals surface area contributed by atoms with Crippen LogP contribution in [-0.4, -0.2) is 294 Å². The van der Waals surface area contributed by atoms with Crippen molar-refractivity contribution in [3.05, 3.63) is 102 Å². The van der Waals surface area contributed by atoms with Crippen LogP contribution in [0.3, 0.4) is 0 Å². The number of rotatable bonds is 26. The van der Waals surface area contributed by atoms with Crippen molar-refractivity contribution in [1.29, 1.82) is 0 Å². The largest absolute Gasteiger partial charge is 3.00 e. The number of phenolic OH excluding ortho intramolecular Hbond substituents is 1. The number of hydrogen-bond donors (Lipinski definition) is 14. The zero-order valence-corrected chi connectivity index (χ0v) is 59.7. The maximum Gasteiger partial charge on any atom is 3.00 e. The number of aliphatic hydroxyl groups excluding tert-OH is 3. The number of nitrogens with zero attached hydrogens (tertiary/aromatic N) is 4. The summed E-state index contributed by atoms with van der Waals surface area (Å²) in [7, 11) is 1.79. The average Bonchev–Trinajstić information content (AvgIpc) is 1.62. The number of carbonyl (C=O) groups excluding carboxylic acids is 11. The molecule has 3 heterocycles. The Bertz CT molecular complexity index is 3330. The molecule has 2 fully saturated rings. The van der Waals surface area contributed by atoms with Crippen molar-refractivity contribution in [2.75, 3.05) is 103 Å². The second-order valence-corrected chi connectivity index (χ2v) is 26.9. The van der Waals surface area contributed by atoms with Gasteiger partial charge in [-0.25, -0.2) is 0 Å². The summed E-state index contributed by atoms with van der Waals surface area (Å²) >= 11 is 0. The molecule has 0 radical (unpaired) electrons. The number of aliphatic carboxylic acids is 3. The van der Waals surface area contributed by atoms with Crippen LogP contribution >= 0.6 is 21.6 Å². The molecule has 4 aromatic rings. The molecule has 2 aliphatic heterocycles. The number of aromatic amines is 1. The Hall–Kier alpha value is -7.81. The predicted octanol–water partition coefficient (Wildman–Crippen LogP) is -7.85. The van der Waals surface area contributed by atoms with Crippen molar-refractivity contribution >= 4 is 117 Å². The minimum Gasteiger partial charge on any atom is -0.549 e. The standard InChI is InChI=1S/C65H92N14O18S2.Ga/c1-39(81)51(36-80)72-64(96)53-38-99-98-37-52(73-60(92)48(28-41-10-4-3-5-11-41)68-54(84)32-76-20-22-77(33-55(85)86)24-26-79(35-57(89)90)27-25-78(23-21-76)34-56(87)88)63(95)70-49(29-42-15-17-44(83)18-16-42)61(93)71-50(30-43-31-67-46-13-7-6-12-45(43)46)62(94)69-47(14-8-9-19-66)59(91)75-58(40(2)82)65(97)74-53;/h3-7,10-13,15-18,31,39-40,47-53,58,67,80-83H,8-9,14,19-30,32-38,66H2,1-2H3,(H,68,84)(H,69,94)(H,70,95)(H,71,93)(H,72,96)(H,73,92)(H,74,97)(H,75,91)(H,85,86)(H,87,88)(H,89,90);/q;+3/p-3/t39?,40?,47-,48+,49-,50+,51+,52-,53-,58-;/m0./s1/i;1-2. The molecule has 6 rings (SSSR count). The fraction of sp³-hybridized carbons (Fsp3) is 0.523. The molecule has 0 saturated carbocycles. The maximum atomic E-state index is 15.3. The topological polar surface area (TPSA) is 489 Å². The molecule has 100 heavy (non-hydrogen) atoms. The van der Waals surface area contributed by atoms with Gasteiger partial charge in [0, 0.05) is 120 Å². The molecule has 0 spiro atoms. The number of nitrogens with one attached hydrogen (secondary N) is 9. The third kappa shape index (κ3) is 28.0. The van der Waals surface area contributed by atoms with Crippen molar-refractivity contribution in [1.82, 2.24) is 67.1 Å². The number of H-pyrrole nitrogens is 1. The molecule has 1 aromatic heterocycles. The van der Waals surface area contributed by atoms with Crippen molar-refractivity contribution < 1.29 is 88.5 Å². The fourth-order valence-corrected chi connectivity index (χ4v) is 13.4. The van der Waals surface area contributed by atoms with Crippen molar-refractivity contribution in [2.45, 2.75) is 113 Å². The molecule has 2 aliphatic rings. The first-order chi connectivity index (χ1) is 47.3. The number of benzene rings is 3. The number of aliphatic hydroxyl groups is 3. The van der Waals surface area contributed by atoms with Gasteiger partial charge in [-0.15, -0.1) is 0 Å². The summed E-state index contributed by atoms with van der Waals surface area (Å²) in [6, 6.07) is 9.03. The number of fused-ring (bicyclic) bond motifs is 1. The van der Waals surface area contributed by atoms with Gasteiger partial charge in [0.05, 0.1) is 49.3 Å². The van der Waals surface area contributed by atoms with Crippen LogP contribution < -0.4 is 63.6 Å². The van der Waals surface area contributed by atoms with Crippen molar-refractivity contribution in [3.8, 4) is 5.75 Å². The number of phenols is 1. The number of carbonyl (C=O) groups is 11. The summed E-state index contributed by atoms with van der Waals surface area (Å²) < 4.78 is 0. The number of nitrogens with two attached hydrogens (primary N) is 1. The summed E-state index contributed by atoms with van der Waals surface area (Å²) in [4.78, 5) is 163. The summed E-state index contributed by atoms with van der Waals surface area (Å²) in [5.74, 6) is -12.6. The molecule has 32 nitrogen and oxygen atoms in total. The Balaban J connectivity index is 0.0000180. The van der Waals surface area contributed by atoms with E-state index in [-0.39, 0.29) is 128 Å². The molecule has 0 aliphatic carbocycles. The van der Waals surface area contributed by atoms with E-state index in [1.165, 1.54) is 52.8 Å². The Morgan fingerprint density at radius 1 is 0.610 bits per heavy atom. The molecular formula is C65H89GaN14O18S2. The molecular weight excluding hydrogens is 1400 g/mol. The Labute approximate surface area is 599 Å². The van der Waals surface area contributed by atoms with Crippen LogP contribution in [0.2, 0.25) is 0 Å². The van der Waals surface area contributed by atoms with Crippen LogP contribution in [0.4, 0.5) is 0 Å². The molecule has 2 unspecified atom stereocenters. The molecule has 8 amide bonds. The van der Waals surface area contributed by atoms with Gasteiger partial charge in [0.1, 0.15) is 48.0 Å². The van der Waals surface area contributed by atoms with E-state index in [1.807, 2.05) is 0 Å². The number of para-hydroxylation sites is 1. The number of carboxylic acids is 3. The van der Waals surface area contributed by atoms with E-state index in [1.54, 1.807) is 65.7 Å². The SMILES string of the molecule is CC(O)[C@@H]1NC(=O)[C@H](CCCCN)NC(=O)[C@@H](Cc2c[nH]c3ccccc23)NC(=O)[C@H](Cc2ccc(O)cc2)NC(=O)[C@@H](NC(=O)[C@@H](Cc2ccccc2)NC(=O)CN2CCN(CC(=O)[O-])CCN(CC(=O)[O-])CCN(CC(=O)[O-])CC2)CSSC[C@@H](C(=O)N[C@H](CO)C(C)O)NC1=O.[68Ga+3]. The maximum absolute atomic E-state index is 15.3. The molecule has 10 atom stereocenters. The normalized spacial score (nSPS) is 21.8. The van der Waals surface area contributed by atoms with Crippen molar-refractivity contribution in [3.63, 3.8) is 0 Å². The Kier molecular flexibility index (Phi) is 35.2. The van der Waals surface area contributed by atoms with Gasteiger partial charge in [0.2, 0.25) is 47.3 Å². The minimum absolute atomic E-state index is 0. The number of unbranched alkanes of at least 4 members (excludes halogenated alkanes) is 1. The van der Waals surface area contributed by atoms with E-state index >= 15 is 14.4 Å². The monoisotopic (exact) mass is 1490 g/mol. The van der Waals surface area contributed by atoms with Crippen LogP contribution in [0.15, 0.2) is 85.1 Å². The van der Waals surface area contributed by atoms with E-state index in [9.17, 15) is 74.1 Å². The van der Waals surface area contributed by atoms with E-state index in [0.29, 0.717) is 34.0 Å². The second kappa shape index (κ2) is 42.4. The number of amides is 8. The van der Waals surface area contributed by atoms with Crippen LogP contribution in [-0.2, 0) is 72.0 Å². The zero-order valence-electron chi connectivity index (χ0n) is 55.7. The number of hydrogen-bond acceptors (Lipinski definition) is 25. The smallest absolute Gasteiger partial charge is 0.549 e. The van der Waals surface area contributed by atoms with Gasteiger partial charge >= 0.3 is 19.8 Å². The van der Waals surface area contributed by atoms with E-state index in [0.717, 1.165) is 21.6 Å². The van der Waals surface area contributed by atoms with Crippen molar-refractivity contribution in [2.24, 2.45) is 5.73 Å². The number of carboxylic acid groups (broad SMARTS) is 3. The molecule has 542 valence electrons. The summed E-state index contributed by atoms with van der Waals surface area (Å²) in [6.45, 7) is 0.0360. The van der Waals surface area contributed by atoms with Gasteiger partial charge in [-0.1, -0.05) is 82.3 Å². The fourth-order valence-electron chi connectivity index (χ4n) is 11.0. The van der Waals surface area contributed by atoms with E-state index in [4.69, 9.17) is 5.73 Å². The van der Waals surface area contributed by atoms with Crippen LogP contribution in [0.5, 0.6) is 5.75 Å². The zero-order chi connectivity index (χ0) is 72.1. The first-order valence-electron chi connectivity index (χ1n) is 32.5. The summed E-state index contributed by atoms with van der Waals surface area (Å²) in [6.07, 6.45) is -1.38. The van der Waals surface area contributed by atoms with Gasteiger partial charge in [-0.3, -0.25) is 58.0 Å². The van der Waals surface area contributed by atoms with Crippen LogP contribution in [0.25, 0.3) is 10.9 Å². The first-order valence-corrected chi connectivity index (χ1v) is 35.0. The summed E-state index contributed by atoms with van der Waals surface area (Å²) in [5, 5.41) is 99.3. The van der Waals surface area contributed by atoms with Crippen LogP contribution in [0.1, 0.15) is 49.8 Å². The minimum atomic E-state index is -1.78.